The van der Waals surface area contributed by atoms with Gasteiger partial charge in [-0.15, -0.1) is 0 Å². The van der Waals surface area contributed by atoms with Crippen LogP contribution in [0, 0.1) is 0 Å². The third-order valence-electron chi connectivity index (χ3n) is 4.08. The molecule has 0 saturated carbocycles. The number of carbonyl (C=O) groups is 1. The molecule has 1 aromatic rings. The van der Waals surface area contributed by atoms with Gasteiger partial charge < -0.3 is 10.6 Å². The minimum absolute atomic E-state index is 0.0201. The van der Waals surface area contributed by atoms with Crippen LogP contribution in [-0.2, 0) is 0 Å². The van der Waals surface area contributed by atoms with E-state index in [1.807, 2.05) is 4.90 Å². The highest BCUT2D eigenvalue weighted by molar-refractivity contribution is 7.80. The lowest BCUT2D eigenvalue weighted by Gasteiger charge is -2.37. The minimum atomic E-state index is -0.0201. The maximum absolute atomic E-state index is 12.4. The molecule has 1 fully saturated rings. The third kappa shape index (κ3) is 3.77. The highest BCUT2D eigenvalue weighted by Gasteiger charge is 2.24. The molecule has 0 bridgehead atoms. The van der Waals surface area contributed by atoms with Crippen LogP contribution in [0.1, 0.15) is 36.3 Å². The molecule has 0 radical (unpaired) electrons. The molecule has 2 N–H and O–H groups in total. The molecule has 5 nitrogen and oxygen atoms in total. The van der Waals surface area contributed by atoms with Gasteiger partial charge in [0.15, 0.2) is 0 Å². The van der Waals surface area contributed by atoms with Crippen LogP contribution in [0.5, 0.6) is 0 Å². The summed E-state index contributed by atoms with van der Waals surface area (Å²) in [5.41, 5.74) is 6.66. The Bertz CT molecular complexity index is 509. The van der Waals surface area contributed by atoms with Gasteiger partial charge in [0.2, 0.25) is 0 Å². The van der Waals surface area contributed by atoms with Crippen LogP contribution < -0.4 is 5.73 Å². The average Bonchev–Trinajstić information content (AvgIpc) is 2.53. The van der Waals surface area contributed by atoms with Gasteiger partial charge in [-0.25, -0.2) is 0 Å². The standard InChI is InChI=1S/C15H22N4OS/c1-3-11(2)18-6-8-19(9-7-18)15(20)13-5-4-12(10-17-13)14(16)21/h4-5,10-11H,3,6-9H2,1-2H3,(H2,16,21). The van der Waals surface area contributed by atoms with Crippen molar-refractivity contribution in [1.82, 2.24) is 14.8 Å². The summed E-state index contributed by atoms with van der Waals surface area (Å²) >= 11 is 4.88. The van der Waals surface area contributed by atoms with Crippen molar-refractivity contribution < 1.29 is 4.79 Å². The van der Waals surface area contributed by atoms with Gasteiger partial charge >= 0.3 is 0 Å². The normalized spacial score (nSPS) is 17.5. The summed E-state index contributed by atoms with van der Waals surface area (Å²) in [6.07, 6.45) is 2.70. The van der Waals surface area contributed by atoms with Crippen LogP contribution in [0.25, 0.3) is 0 Å². The first-order chi connectivity index (χ1) is 10.0. The van der Waals surface area contributed by atoms with E-state index in [0.717, 1.165) is 32.6 Å². The smallest absolute Gasteiger partial charge is 0.272 e. The molecule has 1 amide bonds. The Kier molecular flexibility index (Phi) is 5.25. The summed E-state index contributed by atoms with van der Waals surface area (Å²) in [5.74, 6) is -0.0201. The number of piperazine rings is 1. The second-order valence-corrected chi connectivity index (χ2v) is 5.82. The number of nitrogens with two attached hydrogens (primary N) is 1. The molecule has 0 aliphatic carbocycles. The molecule has 1 aliphatic heterocycles. The van der Waals surface area contributed by atoms with Crippen molar-refractivity contribution in [2.75, 3.05) is 26.2 Å². The van der Waals surface area contributed by atoms with Crippen LogP contribution in [0.4, 0.5) is 0 Å². The Hall–Kier alpha value is -1.53. The Morgan fingerprint density at radius 3 is 2.52 bits per heavy atom. The molecule has 1 aromatic heterocycles. The number of nitrogens with zero attached hydrogens (tertiary/aromatic N) is 3. The lowest BCUT2D eigenvalue weighted by atomic mass is 10.2. The zero-order valence-corrected chi connectivity index (χ0v) is 13.4. The topological polar surface area (TPSA) is 62.5 Å². The summed E-state index contributed by atoms with van der Waals surface area (Å²) in [4.78, 5) is 21.2. The number of aromatic nitrogens is 1. The van der Waals surface area contributed by atoms with E-state index >= 15 is 0 Å². The monoisotopic (exact) mass is 306 g/mol. The average molecular weight is 306 g/mol. The first-order valence-electron chi connectivity index (χ1n) is 7.32. The Morgan fingerprint density at radius 1 is 1.38 bits per heavy atom. The molecule has 1 saturated heterocycles. The van der Waals surface area contributed by atoms with Crippen molar-refractivity contribution in [3.8, 4) is 0 Å². The van der Waals surface area contributed by atoms with E-state index in [1.165, 1.54) is 0 Å². The van der Waals surface area contributed by atoms with Gasteiger partial charge in [-0.1, -0.05) is 19.1 Å². The minimum Gasteiger partial charge on any atom is -0.389 e. The number of amides is 1. The van der Waals surface area contributed by atoms with E-state index < -0.39 is 0 Å². The molecule has 0 spiro atoms. The van der Waals surface area contributed by atoms with Gasteiger partial charge in [-0.3, -0.25) is 14.7 Å². The number of hydrogen-bond donors (Lipinski definition) is 1. The van der Waals surface area contributed by atoms with Crippen molar-refractivity contribution in [3.63, 3.8) is 0 Å². The lowest BCUT2D eigenvalue weighted by molar-refractivity contribution is 0.0574. The molecule has 0 aromatic carbocycles. The van der Waals surface area contributed by atoms with Crippen LogP contribution in [0.2, 0.25) is 0 Å². The summed E-state index contributed by atoms with van der Waals surface area (Å²) in [7, 11) is 0. The predicted molar refractivity (Wildman–Crippen MR) is 87.4 cm³/mol. The van der Waals surface area contributed by atoms with Crippen LogP contribution >= 0.6 is 12.2 Å². The molecule has 1 unspecified atom stereocenters. The molecule has 21 heavy (non-hydrogen) atoms. The molecular formula is C15H22N4OS. The van der Waals surface area contributed by atoms with Gasteiger partial charge in [-0.2, -0.15) is 0 Å². The van der Waals surface area contributed by atoms with Gasteiger partial charge in [0.1, 0.15) is 10.7 Å². The highest BCUT2D eigenvalue weighted by atomic mass is 32.1. The SMILES string of the molecule is CCC(C)N1CCN(C(=O)c2ccc(C(N)=S)cn2)CC1. The molecule has 6 heteroatoms. The van der Waals surface area contributed by atoms with Crippen molar-refractivity contribution >= 4 is 23.1 Å². The number of pyridine rings is 1. The fraction of sp³-hybridized carbons (Fsp3) is 0.533. The molecule has 2 rings (SSSR count). The quantitative estimate of drug-likeness (QED) is 0.849. The Balaban J connectivity index is 1.97. The van der Waals surface area contributed by atoms with Gasteiger partial charge in [-0.05, 0) is 25.5 Å². The second kappa shape index (κ2) is 6.95. The number of hydrogen-bond acceptors (Lipinski definition) is 4. The number of carbonyl (C=O) groups excluding carboxylic acids is 1. The van der Waals surface area contributed by atoms with E-state index in [-0.39, 0.29) is 5.91 Å². The Morgan fingerprint density at radius 2 is 2.05 bits per heavy atom. The van der Waals surface area contributed by atoms with Crippen molar-refractivity contribution in [3.05, 3.63) is 29.6 Å². The van der Waals surface area contributed by atoms with Gasteiger partial charge in [0.25, 0.3) is 5.91 Å². The highest BCUT2D eigenvalue weighted by Crippen LogP contribution is 2.11. The summed E-state index contributed by atoms with van der Waals surface area (Å²) < 4.78 is 0. The molecule has 1 aliphatic rings. The van der Waals surface area contributed by atoms with Crippen LogP contribution in [0.15, 0.2) is 18.3 Å². The first kappa shape index (κ1) is 15.9. The molecule has 114 valence electrons. The van der Waals surface area contributed by atoms with Gasteiger partial charge in [0, 0.05) is 44.0 Å². The van der Waals surface area contributed by atoms with Crippen molar-refractivity contribution in [2.45, 2.75) is 26.3 Å². The molecule has 2 heterocycles. The zero-order valence-electron chi connectivity index (χ0n) is 12.6. The van der Waals surface area contributed by atoms with Crippen molar-refractivity contribution in [1.29, 1.82) is 0 Å². The summed E-state index contributed by atoms with van der Waals surface area (Å²) in [6.45, 7) is 7.77. The van der Waals surface area contributed by atoms with Crippen LogP contribution in [-0.4, -0.2) is 57.9 Å². The number of thiocarbonyl (C=S) groups is 1. The Labute approximate surface area is 131 Å². The van der Waals surface area contributed by atoms with Crippen LogP contribution in [0.3, 0.4) is 0 Å². The molecule has 1 atom stereocenters. The molecular weight excluding hydrogens is 284 g/mol. The maximum atomic E-state index is 12.4. The third-order valence-corrected chi connectivity index (χ3v) is 4.32. The fourth-order valence-electron chi connectivity index (χ4n) is 2.45. The van der Waals surface area contributed by atoms with E-state index in [2.05, 4.69) is 23.7 Å². The van der Waals surface area contributed by atoms with E-state index in [4.69, 9.17) is 18.0 Å². The second-order valence-electron chi connectivity index (χ2n) is 5.38. The summed E-state index contributed by atoms with van der Waals surface area (Å²) in [6, 6.07) is 4.01. The van der Waals surface area contributed by atoms with E-state index in [1.54, 1.807) is 18.3 Å². The summed E-state index contributed by atoms with van der Waals surface area (Å²) in [5, 5.41) is 0. The van der Waals surface area contributed by atoms with E-state index in [9.17, 15) is 4.79 Å². The fourth-order valence-corrected chi connectivity index (χ4v) is 2.57. The lowest BCUT2D eigenvalue weighted by Crippen LogP contribution is -2.51. The predicted octanol–water partition coefficient (Wildman–Crippen LogP) is 1.27. The van der Waals surface area contributed by atoms with Gasteiger partial charge in [0.05, 0.1) is 0 Å². The van der Waals surface area contributed by atoms with E-state index in [0.29, 0.717) is 22.3 Å². The first-order valence-corrected chi connectivity index (χ1v) is 7.73. The largest absolute Gasteiger partial charge is 0.389 e. The zero-order chi connectivity index (χ0) is 15.4. The number of rotatable bonds is 4. The van der Waals surface area contributed by atoms with Crippen molar-refractivity contribution in [2.24, 2.45) is 5.73 Å². The maximum Gasteiger partial charge on any atom is 0.272 e.